The van der Waals surface area contributed by atoms with E-state index in [0.717, 1.165) is 11.1 Å². The van der Waals surface area contributed by atoms with Crippen molar-refractivity contribution in [2.24, 2.45) is 0 Å². The monoisotopic (exact) mass is 739 g/mol. The van der Waals surface area contributed by atoms with Crippen LogP contribution in [0.25, 0.3) is 111 Å². The quantitative estimate of drug-likeness (QED) is 0.176. The van der Waals surface area contributed by atoms with Crippen molar-refractivity contribution >= 4 is 65.6 Å². The topological polar surface area (TPSA) is 61.7 Å². The normalized spacial score (nSPS) is 14.3. The van der Waals surface area contributed by atoms with Gasteiger partial charge in [0.2, 0.25) is 0 Å². The fourth-order valence-electron chi connectivity index (χ4n) is 8.04. The summed E-state index contributed by atoms with van der Waals surface area (Å²) in [5, 5.41) is 1.21. The highest BCUT2D eigenvalue weighted by molar-refractivity contribution is 6.25. The molecule has 12 rings (SSSR count). The van der Waals surface area contributed by atoms with Gasteiger partial charge in [-0.3, -0.25) is 0 Å². The van der Waals surface area contributed by atoms with Crippen molar-refractivity contribution < 1.29 is 18.1 Å². The van der Waals surface area contributed by atoms with Gasteiger partial charge in [0.15, 0.2) is 17.5 Å². The second-order valence-electron chi connectivity index (χ2n) is 13.6. The van der Waals surface area contributed by atoms with E-state index in [1.165, 1.54) is 0 Å². The number of rotatable bonds is 5. The van der Waals surface area contributed by atoms with Crippen molar-refractivity contribution in [3.8, 4) is 45.5 Å². The first kappa shape index (κ1) is 23.2. The summed E-state index contributed by atoms with van der Waals surface area (Å²) in [4.78, 5) is 15.0. The maximum absolute atomic E-state index is 9.73. The zero-order chi connectivity index (χ0) is 46.2. The largest absolute Gasteiger partial charge is 0.456 e. The molecular formula is C51H31N5O. The van der Waals surface area contributed by atoms with Gasteiger partial charge >= 0.3 is 0 Å². The van der Waals surface area contributed by atoms with Gasteiger partial charge in [-0.25, -0.2) is 15.0 Å². The number of benzene rings is 8. The molecule has 4 aromatic heterocycles. The van der Waals surface area contributed by atoms with Gasteiger partial charge in [-0.05, 0) is 42.4 Å². The fraction of sp³-hybridized carbons (Fsp3) is 0. The molecule has 4 heterocycles. The van der Waals surface area contributed by atoms with Crippen LogP contribution in [-0.4, -0.2) is 24.1 Å². The molecule has 0 unspecified atom stereocenters. The van der Waals surface area contributed by atoms with E-state index in [1.54, 1.807) is 51.6 Å². The van der Waals surface area contributed by atoms with Crippen molar-refractivity contribution in [2.75, 3.05) is 0 Å². The van der Waals surface area contributed by atoms with Crippen molar-refractivity contribution in [3.05, 3.63) is 188 Å². The van der Waals surface area contributed by atoms with Gasteiger partial charge in [-0.1, -0.05) is 145 Å². The predicted molar refractivity (Wildman–Crippen MR) is 232 cm³/mol. The highest BCUT2D eigenvalue weighted by Crippen LogP contribution is 2.45. The van der Waals surface area contributed by atoms with Crippen LogP contribution < -0.4 is 0 Å². The Balaban J connectivity index is 1.31. The lowest BCUT2D eigenvalue weighted by Gasteiger charge is -2.14. The molecule has 0 amide bonds. The third-order valence-corrected chi connectivity index (χ3v) is 10.4. The molecule has 57 heavy (non-hydrogen) atoms. The summed E-state index contributed by atoms with van der Waals surface area (Å²) in [7, 11) is 0. The molecule has 266 valence electrons. The molecule has 0 saturated carbocycles. The lowest BCUT2D eigenvalue weighted by Crippen LogP contribution is -2.01. The minimum atomic E-state index is -0.529. The molecule has 0 radical (unpaired) electrons. The average Bonchev–Trinajstić information content (AvgIpc) is 4.05. The van der Waals surface area contributed by atoms with Crippen molar-refractivity contribution in [2.45, 2.75) is 0 Å². The third-order valence-electron chi connectivity index (χ3n) is 10.4. The van der Waals surface area contributed by atoms with Gasteiger partial charge in [0.25, 0.3) is 0 Å². The average molecular weight is 740 g/mol. The lowest BCUT2D eigenvalue weighted by molar-refractivity contribution is 0.669. The van der Waals surface area contributed by atoms with Crippen LogP contribution in [0.2, 0.25) is 0 Å². The Hall–Kier alpha value is -7.83. The summed E-state index contributed by atoms with van der Waals surface area (Å²) >= 11 is 0. The maximum atomic E-state index is 9.73. The molecule has 6 heteroatoms. The van der Waals surface area contributed by atoms with Gasteiger partial charge in [-0.2, -0.15) is 0 Å². The highest BCUT2D eigenvalue weighted by atomic mass is 16.3. The van der Waals surface area contributed by atoms with E-state index in [1.807, 2.05) is 84.9 Å². The highest BCUT2D eigenvalue weighted by Gasteiger charge is 2.25. The van der Waals surface area contributed by atoms with Crippen LogP contribution in [0.5, 0.6) is 0 Å². The Morgan fingerprint density at radius 3 is 1.56 bits per heavy atom. The predicted octanol–water partition coefficient (Wildman–Crippen LogP) is 13.0. The molecule has 0 fully saturated rings. The number of furan rings is 1. The van der Waals surface area contributed by atoms with Gasteiger partial charge in [0.1, 0.15) is 11.2 Å². The first-order chi connectivity index (χ1) is 32.5. The van der Waals surface area contributed by atoms with Crippen LogP contribution in [-0.2, 0) is 0 Å². The first-order valence-corrected chi connectivity index (χ1v) is 18.3. The third kappa shape index (κ3) is 4.74. The van der Waals surface area contributed by atoms with E-state index in [-0.39, 0.29) is 61.7 Å². The Bertz CT molecular complexity index is 4040. The van der Waals surface area contributed by atoms with Crippen molar-refractivity contribution in [1.29, 1.82) is 0 Å². The Labute approximate surface area is 340 Å². The molecule has 8 aromatic carbocycles. The summed E-state index contributed by atoms with van der Waals surface area (Å²) < 4.78 is 102. The summed E-state index contributed by atoms with van der Waals surface area (Å²) in [6.07, 6.45) is 0. The van der Waals surface area contributed by atoms with Crippen LogP contribution in [0, 0.1) is 0 Å². The summed E-state index contributed by atoms with van der Waals surface area (Å²) in [5.74, 6) is 1.21. The molecule has 6 nitrogen and oxygen atoms in total. The van der Waals surface area contributed by atoms with E-state index in [4.69, 9.17) is 24.9 Å². The maximum Gasteiger partial charge on any atom is 0.164 e. The SMILES string of the molecule is [2H]c1c([2H])c([2H])c2c(c1[2H])c1c([2H])c([2H])c3c4c([2H])c([2H])c([2H])c([2H])c4n(-c4cccc5oc6cccc(-c7nc(-c8ccccc8)nc(-c8ccccc8)n7)c6c45)c3c1n2-c1ccccc1. The second kappa shape index (κ2) is 12.3. The summed E-state index contributed by atoms with van der Waals surface area (Å²) in [6.45, 7) is 0. The van der Waals surface area contributed by atoms with E-state index < -0.39 is 42.3 Å². The molecule has 0 N–H and O–H groups in total. The smallest absolute Gasteiger partial charge is 0.164 e. The van der Waals surface area contributed by atoms with E-state index in [9.17, 15) is 8.22 Å². The Morgan fingerprint density at radius 2 is 0.930 bits per heavy atom. The standard InChI is InChI=1S/C51H31N5O/c1-4-16-32(17-5-1)49-52-50(33-18-6-2-7-19-33)54-51(53-49)39-24-14-28-43-45(39)46-42(27-15-29-44(46)57-43)56-41-26-13-11-23-36(41)38-31-30-37-35-22-10-12-25-40(35)55(47(37)48(38)56)34-20-8-3-9-21-34/h1-31H/i10D,11D,12D,13D,22D,23D,25D,26D,30D,31D. The van der Waals surface area contributed by atoms with Gasteiger partial charge in [-0.15, -0.1) is 0 Å². The number of fused-ring (bicyclic) bond motifs is 10. The van der Waals surface area contributed by atoms with Crippen molar-refractivity contribution in [3.63, 3.8) is 0 Å². The van der Waals surface area contributed by atoms with E-state index >= 15 is 0 Å². The minimum Gasteiger partial charge on any atom is -0.456 e. The zero-order valence-corrected chi connectivity index (χ0v) is 29.8. The molecule has 12 aromatic rings. The second-order valence-corrected chi connectivity index (χ2v) is 13.6. The van der Waals surface area contributed by atoms with Crippen LogP contribution in [0.1, 0.15) is 13.7 Å². The lowest BCUT2D eigenvalue weighted by atomic mass is 10.0. The molecular weight excluding hydrogens is 699 g/mol. The van der Waals surface area contributed by atoms with E-state index in [2.05, 4.69) is 0 Å². The van der Waals surface area contributed by atoms with E-state index in [0.29, 0.717) is 56.3 Å². The first-order valence-electron chi connectivity index (χ1n) is 23.3. The van der Waals surface area contributed by atoms with Crippen LogP contribution in [0.3, 0.4) is 0 Å². The van der Waals surface area contributed by atoms with Crippen LogP contribution in [0.15, 0.2) is 192 Å². The zero-order valence-electron chi connectivity index (χ0n) is 39.8. The van der Waals surface area contributed by atoms with Crippen molar-refractivity contribution in [1.82, 2.24) is 24.1 Å². The molecule has 0 atom stereocenters. The molecule has 0 aliphatic heterocycles. The van der Waals surface area contributed by atoms with Gasteiger partial charge in [0, 0.05) is 49.3 Å². The van der Waals surface area contributed by atoms with Crippen LogP contribution in [0.4, 0.5) is 0 Å². The summed E-state index contributed by atoms with van der Waals surface area (Å²) in [5.41, 5.74) is 4.34. The number of para-hydroxylation sites is 3. The molecule has 0 saturated heterocycles. The fourth-order valence-corrected chi connectivity index (χ4v) is 8.04. The molecule has 0 bridgehead atoms. The van der Waals surface area contributed by atoms with Gasteiger partial charge < -0.3 is 13.6 Å². The van der Waals surface area contributed by atoms with Gasteiger partial charge in [0.05, 0.1) is 46.8 Å². The Kier molecular flexibility index (Phi) is 5.02. The number of nitrogens with zero attached hydrogens (tertiary/aromatic N) is 5. The Morgan fingerprint density at radius 1 is 0.421 bits per heavy atom. The number of hydrogen-bond acceptors (Lipinski definition) is 4. The number of hydrogen-bond donors (Lipinski definition) is 0. The summed E-state index contributed by atoms with van der Waals surface area (Å²) in [6, 6.07) is 34.6. The minimum absolute atomic E-state index is 0.00618. The molecule has 0 spiro atoms. The molecule has 0 aliphatic carbocycles. The number of aromatic nitrogens is 5. The van der Waals surface area contributed by atoms with Crippen LogP contribution >= 0.6 is 0 Å². The molecule has 0 aliphatic rings.